The van der Waals surface area contributed by atoms with E-state index >= 15 is 0 Å². The predicted octanol–water partition coefficient (Wildman–Crippen LogP) is 3.97. The summed E-state index contributed by atoms with van der Waals surface area (Å²) in [5.74, 6) is 0.250. The van der Waals surface area contributed by atoms with E-state index in [1.807, 2.05) is 30.3 Å². The molecule has 2 aromatic carbocycles. The van der Waals surface area contributed by atoms with Crippen molar-refractivity contribution in [2.45, 2.75) is 6.42 Å². The van der Waals surface area contributed by atoms with Crippen LogP contribution in [0.1, 0.15) is 12.0 Å². The van der Waals surface area contributed by atoms with Crippen LogP contribution < -0.4 is 10.1 Å². The Morgan fingerprint density at radius 1 is 1.12 bits per heavy atom. The molecule has 0 saturated heterocycles. The largest absolute Gasteiger partial charge is 0.491 e. The van der Waals surface area contributed by atoms with E-state index in [2.05, 4.69) is 10.3 Å². The van der Waals surface area contributed by atoms with Gasteiger partial charge in [0.25, 0.3) is 0 Å². The minimum atomic E-state index is -0.298. The lowest BCUT2D eigenvalue weighted by Crippen LogP contribution is -2.23. The SMILES string of the molecule is O=C(/C=C/c1ccc(F)cc1)NCCCOc1cccc2cccnc12. The molecule has 3 aromatic rings. The Balaban J connectivity index is 1.41. The summed E-state index contributed by atoms with van der Waals surface area (Å²) >= 11 is 0. The van der Waals surface area contributed by atoms with E-state index in [0.717, 1.165) is 22.2 Å². The molecule has 0 radical (unpaired) electrons. The molecule has 132 valence electrons. The predicted molar refractivity (Wildman–Crippen MR) is 100 cm³/mol. The van der Waals surface area contributed by atoms with Crippen LogP contribution in [0.25, 0.3) is 17.0 Å². The van der Waals surface area contributed by atoms with Gasteiger partial charge in [-0.05, 0) is 42.3 Å². The average molecular weight is 350 g/mol. The topological polar surface area (TPSA) is 51.2 Å². The number of benzene rings is 2. The van der Waals surface area contributed by atoms with Crippen LogP contribution in [0.3, 0.4) is 0 Å². The van der Waals surface area contributed by atoms with Gasteiger partial charge in [-0.3, -0.25) is 9.78 Å². The fourth-order valence-electron chi connectivity index (χ4n) is 2.46. The highest BCUT2D eigenvalue weighted by molar-refractivity contribution is 5.91. The van der Waals surface area contributed by atoms with Crippen molar-refractivity contribution in [3.63, 3.8) is 0 Å². The molecule has 0 saturated carbocycles. The molecule has 0 fully saturated rings. The Bertz CT molecular complexity index is 902. The zero-order chi connectivity index (χ0) is 18.2. The maximum absolute atomic E-state index is 12.8. The average Bonchev–Trinajstić information content (AvgIpc) is 2.67. The van der Waals surface area contributed by atoms with E-state index in [-0.39, 0.29) is 11.7 Å². The van der Waals surface area contributed by atoms with Gasteiger partial charge in [-0.15, -0.1) is 0 Å². The third-order valence-electron chi connectivity index (χ3n) is 3.77. The van der Waals surface area contributed by atoms with Gasteiger partial charge >= 0.3 is 0 Å². The summed E-state index contributed by atoms with van der Waals surface area (Å²) in [5.41, 5.74) is 1.61. The van der Waals surface area contributed by atoms with Crippen molar-refractivity contribution >= 4 is 22.9 Å². The molecule has 0 aliphatic carbocycles. The summed E-state index contributed by atoms with van der Waals surface area (Å²) in [7, 11) is 0. The minimum Gasteiger partial charge on any atom is -0.491 e. The van der Waals surface area contributed by atoms with Crippen molar-refractivity contribution in [1.29, 1.82) is 0 Å². The highest BCUT2D eigenvalue weighted by Crippen LogP contribution is 2.22. The Morgan fingerprint density at radius 3 is 2.77 bits per heavy atom. The first-order valence-electron chi connectivity index (χ1n) is 8.40. The quantitative estimate of drug-likeness (QED) is 0.518. The van der Waals surface area contributed by atoms with Gasteiger partial charge in [0.15, 0.2) is 0 Å². The molecule has 1 amide bonds. The first-order valence-corrected chi connectivity index (χ1v) is 8.40. The van der Waals surface area contributed by atoms with E-state index in [1.165, 1.54) is 18.2 Å². The lowest BCUT2D eigenvalue weighted by molar-refractivity contribution is -0.116. The molecule has 4 nitrogen and oxygen atoms in total. The molecule has 1 heterocycles. The molecule has 1 N–H and O–H groups in total. The first-order chi connectivity index (χ1) is 12.7. The summed E-state index contributed by atoms with van der Waals surface area (Å²) in [6.45, 7) is 0.989. The van der Waals surface area contributed by atoms with Crippen LogP contribution in [0.15, 0.2) is 66.9 Å². The number of ether oxygens (including phenoxy) is 1. The molecule has 1 aromatic heterocycles. The summed E-state index contributed by atoms with van der Waals surface area (Å²) in [4.78, 5) is 16.1. The summed E-state index contributed by atoms with van der Waals surface area (Å²) < 4.78 is 18.6. The molecule has 0 aliphatic rings. The van der Waals surface area contributed by atoms with Crippen LogP contribution in [0.5, 0.6) is 5.75 Å². The molecule has 0 atom stereocenters. The monoisotopic (exact) mass is 350 g/mol. The number of nitrogens with one attached hydrogen (secondary N) is 1. The fraction of sp³-hybridized carbons (Fsp3) is 0.143. The number of hydrogen-bond acceptors (Lipinski definition) is 3. The lowest BCUT2D eigenvalue weighted by atomic mass is 10.2. The second kappa shape index (κ2) is 8.76. The number of aromatic nitrogens is 1. The molecule has 0 unspecified atom stereocenters. The normalized spacial score (nSPS) is 11.0. The standard InChI is InChI=1S/C21H19FN2O2/c22-18-10-7-16(8-11-18)9-12-20(25)23-14-3-15-26-19-6-1-4-17-5-2-13-24-21(17)19/h1-2,4-13H,3,14-15H2,(H,23,25)/b12-9+. The molecule has 0 bridgehead atoms. The van der Waals surface area contributed by atoms with Gasteiger partial charge in [0.2, 0.25) is 5.91 Å². The van der Waals surface area contributed by atoms with E-state index in [1.54, 1.807) is 24.4 Å². The zero-order valence-corrected chi connectivity index (χ0v) is 14.2. The summed E-state index contributed by atoms with van der Waals surface area (Å²) in [5, 5.41) is 3.82. The van der Waals surface area contributed by atoms with Crippen LogP contribution in [0.4, 0.5) is 4.39 Å². The van der Waals surface area contributed by atoms with E-state index in [9.17, 15) is 9.18 Å². The van der Waals surface area contributed by atoms with E-state index < -0.39 is 0 Å². The smallest absolute Gasteiger partial charge is 0.244 e. The number of para-hydroxylation sites is 1. The minimum absolute atomic E-state index is 0.193. The van der Waals surface area contributed by atoms with Crippen molar-refractivity contribution in [2.75, 3.05) is 13.2 Å². The fourth-order valence-corrected chi connectivity index (χ4v) is 2.46. The number of fused-ring (bicyclic) bond motifs is 1. The number of halogens is 1. The maximum atomic E-state index is 12.8. The number of nitrogens with zero attached hydrogens (tertiary/aromatic N) is 1. The van der Waals surface area contributed by atoms with Crippen LogP contribution in [0, 0.1) is 5.82 Å². The van der Waals surface area contributed by atoms with E-state index in [4.69, 9.17) is 4.74 Å². The zero-order valence-electron chi connectivity index (χ0n) is 14.2. The van der Waals surface area contributed by atoms with Crippen molar-refractivity contribution in [3.8, 4) is 5.75 Å². The van der Waals surface area contributed by atoms with Crippen LogP contribution >= 0.6 is 0 Å². The van der Waals surface area contributed by atoms with Gasteiger partial charge in [-0.2, -0.15) is 0 Å². The van der Waals surface area contributed by atoms with Gasteiger partial charge in [0, 0.05) is 24.2 Å². The molecule has 26 heavy (non-hydrogen) atoms. The van der Waals surface area contributed by atoms with Gasteiger partial charge < -0.3 is 10.1 Å². The number of hydrogen-bond donors (Lipinski definition) is 1. The summed E-state index contributed by atoms with van der Waals surface area (Å²) in [6.07, 6.45) is 5.50. The van der Waals surface area contributed by atoms with Gasteiger partial charge in [-0.25, -0.2) is 4.39 Å². The molecule has 3 rings (SSSR count). The number of rotatable bonds is 7. The molecule has 0 aliphatic heterocycles. The molecule has 5 heteroatoms. The van der Waals surface area contributed by atoms with E-state index in [0.29, 0.717) is 19.6 Å². The lowest BCUT2D eigenvalue weighted by Gasteiger charge is -2.08. The Hall–Kier alpha value is -3.21. The summed E-state index contributed by atoms with van der Waals surface area (Å²) in [6, 6.07) is 15.6. The molecular formula is C21H19FN2O2. The number of carbonyl (C=O) groups excluding carboxylic acids is 1. The van der Waals surface area contributed by atoms with Gasteiger partial charge in [0.05, 0.1) is 6.61 Å². The van der Waals surface area contributed by atoms with Crippen molar-refractivity contribution in [2.24, 2.45) is 0 Å². The molecule has 0 spiro atoms. The second-order valence-corrected chi connectivity index (χ2v) is 5.71. The number of pyridine rings is 1. The Labute approximate surface area is 151 Å². The first kappa shape index (κ1) is 17.6. The van der Waals surface area contributed by atoms with Gasteiger partial charge in [0.1, 0.15) is 17.1 Å². The van der Waals surface area contributed by atoms with Gasteiger partial charge in [-0.1, -0.05) is 30.3 Å². The Morgan fingerprint density at radius 2 is 1.92 bits per heavy atom. The van der Waals surface area contributed by atoms with Crippen molar-refractivity contribution < 1.29 is 13.9 Å². The van der Waals surface area contributed by atoms with Crippen LogP contribution in [0.2, 0.25) is 0 Å². The van der Waals surface area contributed by atoms with Crippen molar-refractivity contribution in [3.05, 3.63) is 78.3 Å². The second-order valence-electron chi connectivity index (χ2n) is 5.71. The highest BCUT2D eigenvalue weighted by Gasteiger charge is 2.02. The highest BCUT2D eigenvalue weighted by atomic mass is 19.1. The van der Waals surface area contributed by atoms with Crippen molar-refractivity contribution in [1.82, 2.24) is 10.3 Å². The third-order valence-corrected chi connectivity index (χ3v) is 3.77. The van der Waals surface area contributed by atoms with Crippen LogP contribution in [-0.4, -0.2) is 24.0 Å². The number of carbonyl (C=O) groups is 1. The molecular weight excluding hydrogens is 331 g/mol. The Kier molecular flexibility index (Phi) is 5.93. The number of amides is 1. The third kappa shape index (κ3) is 4.89. The van der Waals surface area contributed by atoms with Crippen LogP contribution in [-0.2, 0) is 4.79 Å². The maximum Gasteiger partial charge on any atom is 0.244 e.